The number of amides is 1. The van der Waals surface area contributed by atoms with Crippen molar-refractivity contribution < 1.29 is 14.3 Å². The number of hydrogen-bond acceptors (Lipinski definition) is 4. The molecule has 6 nitrogen and oxygen atoms in total. The number of ether oxygens (including phenoxy) is 2. The molecule has 0 aliphatic carbocycles. The number of nitrogens with two attached hydrogens (primary N) is 1. The van der Waals surface area contributed by atoms with Crippen LogP contribution in [0.1, 0.15) is 12.0 Å². The molecular formula is C22H24ClN3O3. The van der Waals surface area contributed by atoms with E-state index in [1.54, 1.807) is 12.1 Å². The Morgan fingerprint density at radius 3 is 3.00 bits per heavy atom. The van der Waals surface area contributed by atoms with Crippen LogP contribution < -0.4 is 10.5 Å². The van der Waals surface area contributed by atoms with E-state index in [1.165, 1.54) is 10.9 Å². The van der Waals surface area contributed by atoms with E-state index in [-0.39, 0.29) is 13.0 Å². The summed E-state index contributed by atoms with van der Waals surface area (Å²) in [7, 11) is 0. The zero-order valence-electron chi connectivity index (χ0n) is 16.1. The van der Waals surface area contributed by atoms with E-state index in [1.807, 2.05) is 18.3 Å². The normalized spacial score (nSPS) is 20.0. The van der Waals surface area contributed by atoms with Gasteiger partial charge in [0.2, 0.25) is 5.91 Å². The van der Waals surface area contributed by atoms with Gasteiger partial charge in [0.15, 0.2) is 0 Å². The molecule has 1 saturated heterocycles. The summed E-state index contributed by atoms with van der Waals surface area (Å²) in [4.78, 5) is 17.3. The predicted octanol–water partition coefficient (Wildman–Crippen LogP) is 3.35. The number of benzene rings is 2. The molecule has 1 fully saturated rings. The van der Waals surface area contributed by atoms with Gasteiger partial charge in [-0.3, -0.25) is 9.69 Å². The van der Waals surface area contributed by atoms with Gasteiger partial charge in [0.25, 0.3) is 0 Å². The number of nitrogens with zero attached hydrogens (tertiary/aromatic N) is 1. The highest BCUT2D eigenvalue weighted by Crippen LogP contribution is 2.26. The highest BCUT2D eigenvalue weighted by atomic mass is 35.5. The van der Waals surface area contributed by atoms with Crippen molar-refractivity contribution in [3.63, 3.8) is 0 Å². The Bertz CT molecular complexity index is 1010. The van der Waals surface area contributed by atoms with Crippen LogP contribution in [0.4, 0.5) is 0 Å². The van der Waals surface area contributed by atoms with Crippen LogP contribution in [0, 0.1) is 0 Å². The van der Waals surface area contributed by atoms with E-state index in [0.29, 0.717) is 23.9 Å². The molecule has 1 aromatic heterocycles. The summed E-state index contributed by atoms with van der Waals surface area (Å²) in [5.41, 5.74) is 7.08. The van der Waals surface area contributed by atoms with Crippen molar-refractivity contribution >= 4 is 28.4 Å². The van der Waals surface area contributed by atoms with E-state index in [2.05, 4.69) is 34.1 Å². The van der Waals surface area contributed by atoms with Crippen molar-refractivity contribution in [2.24, 2.45) is 5.73 Å². The quantitative estimate of drug-likeness (QED) is 0.622. The lowest BCUT2D eigenvalue weighted by atomic mass is 9.97. The summed E-state index contributed by atoms with van der Waals surface area (Å²) in [5, 5.41) is 1.78. The molecule has 2 heterocycles. The van der Waals surface area contributed by atoms with Crippen molar-refractivity contribution in [1.82, 2.24) is 9.88 Å². The number of nitrogens with one attached hydrogen (secondary N) is 1. The van der Waals surface area contributed by atoms with Crippen LogP contribution in [0.15, 0.2) is 54.7 Å². The summed E-state index contributed by atoms with van der Waals surface area (Å²) in [6.07, 6.45) is 2.04. The Morgan fingerprint density at radius 2 is 2.17 bits per heavy atom. The average Bonchev–Trinajstić information content (AvgIpc) is 3.14. The monoisotopic (exact) mass is 413 g/mol. The number of carbonyl (C=O) groups excluding carboxylic acids is 1. The van der Waals surface area contributed by atoms with Gasteiger partial charge in [-0.05, 0) is 47.3 Å². The van der Waals surface area contributed by atoms with Crippen LogP contribution in [-0.4, -0.2) is 47.7 Å². The zero-order valence-corrected chi connectivity index (χ0v) is 16.8. The second-order valence-corrected chi connectivity index (χ2v) is 7.97. The molecule has 0 radical (unpaired) electrons. The van der Waals surface area contributed by atoms with Gasteiger partial charge in [0.1, 0.15) is 18.0 Å². The fraction of sp³-hybridized carbons (Fsp3) is 0.318. The summed E-state index contributed by atoms with van der Waals surface area (Å²) in [6.45, 7) is 2.84. The van der Waals surface area contributed by atoms with Crippen LogP contribution in [0.5, 0.6) is 5.75 Å². The second kappa shape index (κ2) is 8.45. The smallest absolute Gasteiger partial charge is 0.220 e. The number of morpholine rings is 1. The molecule has 152 valence electrons. The fourth-order valence-corrected chi connectivity index (χ4v) is 4.03. The molecule has 2 aromatic carbocycles. The van der Waals surface area contributed by atoms with E-state index in [0.717, 1.165) is 18.6 Å². The molecule has 1 aliphatic rings. The van der Waals surface area contributed by atoms with Gasteiger partial charge in [0.05, 0.1) is 13.0 Å². The molecule has 0 bridgehead atoms. The Kier molecular flexibility index (Phi) is 5.76. The van der Waals surface area contributed by atoms with Crippen LogP contribution in [0.2, 0.25) is 5.02 Å². The second-order valence-electron chi connectivity index (χ2n) is 7.53. The highest BCUT2D eigenvalue weighted by molar-refractivity contribution is 6.30. The first-order valence-electron chi connectivity index (χ1n) is 9.60. The first-order chi connectivity index (χ1) is 14.0. The number of hydrogen-bond donors (Lipinski definition) is 2. The van der Waals surface area contributed by atoms with Crippen LogP contribution >= 0.6 is 11.6 Å². The maximum Gasteiger partial charge on any atom is 0.220 e. The van der Waals surface area contributed by atoms with E-state index in [4.69, 9.17) is 26.8 Å². The third-order valence-electron chi connectivity index (χ3n) is 5.15. The Hall–Kier alpha value is -2.54. The molecule has 29 heavy (non-hydrogen) atoms. The standard InChI is InChI=1S/C22H24ClN3O3/c23-18-2-1-3-19(11-18)28-15-22(12-21(24)27)14-26(8-9-29-22)13-16-4-5-20-17(10-16)6-7-25-20/h1-7,10-11,25H,8-9,12-15H2,(H2,24,27)/t22-/m1/s1. The number of rotatable bonds is 7. The molecule has 0 unspecified atom stereocenters. The van der Waals surface area contributed by atoms with Gasteiger partial charge in [-0.15, -0.1) is 0 Å². The van der Waals surface area contributed by atoms with Crippen LogP contribution in [-0.2, 0) is 16.1 Å². The van der Waals surface area contributed by atoms with Gasteiger partial charge in [-0.1, -0.05) is 23.7 Å². The van der Waals surface area contributed by atoms with Crippen molar-refractivity contribution in [3.05, 3.63) is 65.3 Å². The van der Waals surface area contributed by atoms with Crippen molar-refractivity contribution in [2.45, 2.75) is 18.6 Å². The summed E-state index contributed by atoms with van der Waals surface area (Å²) in [5.74, 6) is 0.232. The lowest BCUT2D eigenvalue weighted by molar-refractivity contribution is -0.148. The van der Waals surface area contributed by atoms with Gasteiger partial charge >= 0.3 is 0 Å². The molecule has 0 spiro atoms. The van der Waals surface area contributed by atoms with Crippen molar-refractivity contribution in [1.29, 1.82) is 0 Å². The van der Waals surface area contributed by atoms with Crippen molar-refractivity contribution in [3.8, 4) is 5.75 Å². The van der Waals surface area contributed by atoms with Gasteiger partial charge in [-0.2, -0.15) is 0 Å². The number of halogens is 1. The largest absolute Gasteiger partial charge is 0.490 e. The third-order valence-corrected chi connectivity index (χ3v) is 5.38. The third kappa shape index (κ3) is 4.90. The first-order valence-corrected chi connectivity index (χ1v) is 9.98. The summed E-state index contributed by atoms with van der Waals surface area (Å²) < 4.78 is 12.0. The Morgan fingerprint density at radius 1 is 1.28 bits per heavy atom. The van der Waals surface area contributed by atoms with E-state index < -0.39 is 11.5 Å². The zero-order chi connectivity index (χ0) is 20.3. The number of primary amides is 1. The molecule has 0 saturated carbocycles. The van der Waals surface area contributed by atoms with Crippen LogP contribution in [0.3, 0.4) is 0 Å². The average molecular weight is 414 g/mol. The Labute approximate surface area is 174 Å². The first kappa shape index (κ1) is 19.8. The number of H-pyrrole nitrogens is 1. The van der Waals surface area contributed by atoms with Gasteiger partial charge in [0, 0.05) is 36.4 Å². The maximum absolute atomic E-state index is 11.8. The molecule has 7 heteroatoms. The minimum absolute atomic E-state index is 0.0981. The number of carbonyl (C=O) groups is 1. The van der Waals surface area contributed by atoms with E-state index >= 15 is 0 Å². The maximum atomic E-state index is 11.8. The van der Waals surface area contributed by atoms with E-state index in [9.17, 15) is 4.79 Å². The Balaban J connectivity index is 1.48. The minimum atomic E-state index is -0.787. The topological polar surface area (TPSA) is 80.6 Å². The molecule has 1 atom stereocenters. The van der Waals surface area contributed by atoms with Gasteiger partial charge < -0.3 is 20.2 Å². The molecule has 1 aliphatic heterocycles. The highest BCUT2D eigenvalue weighted by Gasteiger charge is 2.39. The molecule has 3 aromatic rings. The SMILES string of the molecule is NC(=O)C[C@]1(COc2cccc(Cl)c2)CN(Cc2ccc3[nH]ccc3c2)CCO1. The number of aromatic nitrogens is 1. The number of aromatic amines is 1. The van der Waals surface area contributed by atoms with Gasteiger partial charge in [-0.25, -0.2) is 0 Å². The molecule has 1 amide bonds. The summed E-state index contributed by atoms with van der Waals surface area (Å²) in [6, 6.07) is 15.6. The lowest BCUT2D eigenvalue weighted by Gasteiger charge is -2.42. The molecule has 4 rings (SSSR count). The lowest BCUT2D eigenvalue weighted by Crippen LogP contribution is -2.56. The number of fused-ring (bicyclic) bond motifs is 1. The predicted molar refractivity (Wildman–Crippen MR) is 113 cm³/mol. The van der Waals surface area contributed by atoms with Crippen molar-refractivity contribution in [2.75, 3.05) is 26.3 Å². The molecule has 3 N–H and O–H groups in total. The minimum Gasteiger partial charge on any atom is -0.490 e. The van der Waals surface area contributed by atoms with Crippen LogP contribution in [0.25, 0.3) is 10.9 Å². The molecular weight excluding hydrogens is 390 g/mol. The summed E-state index contributed by atoms with van der Waals surface area (Å²) >= 11 is 6.04. The fourth-order valence-electron chi connectivity index (χ4n) is 3.85.